The molecule has 0 radical (unpaired) electrons. The number of benzene rings is 1. The van der Waals surface area contributed by atoms with E-state index in [4.69, 9.17) is 18.9 Å². The second kappa shape index (κ2) is 9.11. The number of nitrogens with zero attached hydrogens (tertiary/aromatic N) is 1. The van der Waals surface area contributed by atoms with Crippen LogP contribution < -0.4 is 4.90 Å². The fraction of sp³-hybridized carbons (Fsp3) is 0.263. The molecule has 0 amide bonds. The molecular formula is C19H20FNO6. The van der Waals surface area contributed by atoms with Gasteiger partial charge in [-0.05, 0) is 24.3 Å². The van der Waals surface area contributed by atoms with Gasteiger partial charge in [-0.15, -0.1) is 0 Å². The third-order valence-corrected chi connectivity index (χ3v) is 3.84. The molecular weight excluding hydrogens is 357 g/mol. The number of carbonyl (C=O) groups excluding carboxylic acids is 2. The summed E-state index contributed by atoms with van der Waals surface area (Å²) in [4.78, 5) is 26.0. The summed E-state index contributed by atoms with van der Waals surface area (Å²) in [5.41, 5.74) is 0.119. The predicted octanol–water partition coefficient (Wildman–Crippen LogP) is 2.61. The summed E-state index contributed by atoms with van der Waals surface area (Å²) in [5, 5.41) is 0. The highest BCUT2D eigenvalue weighted by Gasteiger charge is 2.31. The van der Waals surface area contributed by atoms with Crippen LogP contribution in [-0.4, -0.2) is 40.4 Å². The van der Waals surface area contributed by atoms with E-state index in [0.29, 0.717) is 0 Å². The number of methoxy groups -OCH3 is 4. The normalized spacial score (nSPS) is 13.8. The molecule has 0 atom stereocenters. The number of allylic oxidation sites excluding steroid dienone is 2. The molecule has 0 aliphatic carbocycles. The molecule has 7 nitrogen and oxygen atoms in total. The van der Waals surface area contributed by atoms with E-state index in [1.807, 2.05) is 0 Å². The molecule has 0 fully saturated rings. The highest BCUT2D eigenvalue weighted by Crippen LogP contribution is 2.35. The van der Waals surface area contributed by atoms with Crippen molar-refractivity contribution < 1.29 is 32.9 Å². The molecule has 1 aliphatic heterocycles. The number of halogens is 1. The number of rotatable bonds is 6. The Balaban J connectivity index is 2.77. The van der Waals surface area contributed by atoms with Crippen molar-refractivity contribution in [3.63, 3.8) is 0 Å². The minimum atomic E-state index is -1.04. The monoisotopic (exact) mass is 377 g/mol. The zero-order chi connectivity index (χ0) is 20.0. The van der Waals surface area contributed by atoms with Crippen molar-refractivity contribution in [1.82, 2.24) is 0 Å². The van der Waals surface area contributed by atoms with Gasteiger partial charge in [-0.3, -0.25) is 0 Å². The lowest BCUT2D eigenvalue weighted by atomic mass is 10.1. The number of ether oxygens (including phenoxy) is 4. The van der Waals surface area contributed by atoms with Gasteiger partial charge in [-0.25, -0.2) is 14.0 Å². The molecule has 144 valence electrons. The van der Waals surface area contributed by atoms with Crippen molar-refractivity contribution in [2.45, 2.75) is 6.29 Å². The Morgan fingerprint density at radius 2 is 1.67 bits per heavy atom. The zero-order valence-corrected chi connectivity index (χ0v) is 15.4. The molecule has 2 rings (SSSR count). The topological polar surface area (TPSA) is 74.3 Å². The lowest BCUT2D eigenvalue weighted by Crippen LogP contribution is -2.28. The molecule has 0 saturated carbocycles. The fourth-order valence-electron chi connectivity index (χ4n) is 2.65. The quantitative estimate of drug-likeness (QED) is 0.557. The first-order chi connectivity index (χ1) is 13.0. The average molecular weight is 377 g/mol. The molecule has 1 aromatic carbocycles. The van der Waals surface area contributed by atoms with Crippen molar-refractivity contribution >= 4 is 17.6 Å². The van der Waals surface area contributed by atoms with Crippen molar-refractivity contribution in [2.75, 3.05) is 33.3 Å². The van der Waals surface area contributed by atoms with Crippen LogP contribution in [0.3, 0.4) is 0 Å². The SMILES string of the molecule is COC(=O)C1=C(C(=O)OC)N(c2cccc(F)c2C(OC)OC)C=CC=C1. The second-order valence-corrected chi connectivity index (χ2v) is 5.29. The van der Waals surface area contributed by atoms with Gasteiger partial charge in [0.2, 0.25) is 0 Å². The smallest absolute Gasteiger partial charge is 0.355 e. The Morgan fingerprint density at radius 1 is 1.00 bits per heavy atom. The van der Waals surface area contributed by atoms with Crippen molar-refractivity contribution in [3.05, 3.63) is 65.3 Å². The average Bonchev–Trinajstić information content (AvgIpc) is 2.91. The number of esters is 2. The summed E-state index contributed by atoms with van der Waals surface area (Å²) in [5.74, 6) is -2.14. The van der Waals surface area contributed by atoms with Gasteiger partial charge in [0.25, 0.3) is 0 Å². The molecule has 0 N–H and O–H groups in total. The summed E-state index contributed by atoms with van der Waals surface area (Å²) < 4.78 is 34.6. The molecule has 0 spiro atoms. The molecule has 8 heteroatoms. The standard InChI is InChI=1S/C19H20FNO6/c1-24-17(22)12-8-5-6-11-21(16(12)18(23)25-2)14-10-7-9-13(20)15(14)19(26-3)27-4/h5-11,19H,1-4H3. The summed E-state index contributed by atoms with van der Waals surface area (Å²) in [7, 11) is 5.10. The largest absolute Gasteiger partial charge is 0.465 e. The Hall–Kier alpha value is -2.97. The van der Waals surface area contributed by atoms with Gasteiger partial charge in [-0.1, -0.05) is 12.1 Å². The van der Waals surface area contributed by atoms with Gasteiger partial charge < -0.3 is 23.8 Å². The third kappa shape index (κ3) is 4.07. The van der Waals surface area contributed by atoms with E-state index in [0.717, 1.165) is 0 Å². The first-order valence-corrected chi connectivity index (χ1v) is 7.89. The van der Waals surface area contributed by atoms with Gasteiger partial charge in [0.15, 0.2) is 6.29 Å². The zero-order valence-electron chi connectivity index (χ0n) is 15.4. The molecule has 0 saturated heterocycles. The van der Waals surface area contributed by atoms with Gasteiger partial charge in [0.1, 0.15) is 11.5 Å². The van der Waals surface area contributed by atoms with E-state index < -0.39 is 24.0 Å². The van der Waals surface area contributed by atoms with Crippen LogP contribution in [-0.2, 0) is 28.5 Å². The van der Waals surface area contributed by atoms with Crippen LogP contribution in [0.5, 0.6) is 0 Å². The second-order valence-electron chi connectivity index (χ2n) is 5.29. The van der Waals surface area contributed by atoms with E-state index in [-0.39, 0.29) is 22.5 Å². The Morgan fingerprint density at radius 3 is 2.26 bits per heavy atom. The van der Waals surface area contributed by atoms with E-state index in [2.05, 4.69) is 0 Å². The van der Waals surface area contributed by atoms with Crippen molar-refractivity contribution in [3.8, 4) is 0 Å². The van der Waals surface area contributed by atoms with E-state index >= 15 is 0 Å². The van der Waals surface area contributed by atoms with Crippen LogP contribution in [0, 0.1) is 5.82 Å². The number of hydrogen-bond acceptors (Lipinski definition) is 7. The van der Waals surface area contributed by atoms with Gasteiger partial charge in [0, 0.05) is 20.4 Å². The molecule has 0 aromatic heterocycles. The lowest BCUT2D eigenvalue weighted by Gasteiger charge is -2.27. The first kappa shape index (κ1) is 20.3. The Labute approximate surface area is 156 Å². The van der Waals surface area contributed by atoms with Crippen LogP contribution in [0.1, 0.15) is 11.9 Å². The molecule has 1 heterocycles. The van der Waals surface area contributed by atoms with E-state index in [1.54, 1.807) is 18.2 Å². The Bertz CT molecular complexity index is 810. The molecule has 27 heavy (non-hydrogen) atoms. The van der Waals surface area contributed by atoms with Crippen LogP contribution in [0.25, 0.3) is 0 Å². The molecule has 1 aromatic rings. The van der Waals surface area contributed by atoms with E-state index in [1.165, 1.54) is 57.7 Å². The molecule has 0 unspecified atom stereocenters. The van der Waals surface area contributed by atoms with Crippen molar-refractivity contribution in [1.29, 1.82) is 0 Å². The first-order valence-electron chi connectivity index (χ1n) is 7.89. The van der Waals surface area contributed by atoms with Crippen LogP contribution >= 0.6 is 0 Å². The number of anilines is 1. The highest BCUT2D eigenvalue weighted by atomic mass is 19.1. The molecule has 1 aliphatic rings. The summed E-state index contributed by atoms with van der Waals surface area (Å²) in [6, 6.07) is 4.28. The highest BCUT2D eigenvalue weighted by molar-refractivity contribution is 6.05. The fourth-order valence-corrected chi connectivity index (χ4v) is 2.65. The summed E-state index contributed by atoms with van der Waals surface area (Å²) in [6.45, 7) is 0. The summed E-state index contributed by atoms with van der Waals surface area (Å²) in [6.07, 6.45) is 5.02. The Kier molecular flexibility index (Phi) is 6.86. The minimum absolute atomic E-state index is 0.0454. The van der Waals surface area contributed by atoms with Crippen LogP contribution in [0.2, 0.25) is 0 Å². The van der Waals surface area contributed by atoms with E-state index in [9.17, 15) is 14.0 Å². The van der Waals surface area contributed by atoms with Crippen LogP contribution in [0.4, 0.5) is 10.1 Å². The van der Waals surface area contributed by atoms with Gasteiger partial charge >= 0.3 is 11.9 Å². The van der Waals surface area contributed by atoms with Crippen LogP contribution in [0.15, 0.2) is 53.9 Å². The predicted molar refractivity (Wildman–Crippen MR) is 95.0 cm³/mol. The van der Waals surface area contributed by atoms with Crippen molar-refractivity contribution in [2.24, 2.45) is 0 Å². The number of carbonyl (C=O) groups is 2. The van der Waals surface area contributed by atoms with Gasteiger partial charge in [-0.2, -0.15) is 0 Å². The summed E-state index contributed by atoms with van der Waals surface area (Å²) >= 11 is 0. The van der Waals surface area contributed by atoms with Gasteiger partial charge in [0.05, 0.1) is 31.0 Å². The maximum Gasteiger partial charge on any atom is 0.355 e. The minimum Gasteiger partial charge on any atom is -0.465 e. The molecule has 0 bridgehead atoms. The number of hydrogen-bond donors (Lipinski definition) is 0. The maximum atomic E-state index is 14.6. The third-order valence-electron chi connectivity index (χ3n) is 3.84. The maximum absolute atomic E-state index is 14.6. The lowest BCUT2D eigenvalue weighted by molar-refractivity contribution is -0.139.